The molecule has 1 saturated heterocycles. The van der Waals surface area contributed by atoms with E-state index in [1.165, 1.54) is 18.2 Å². The van der Waals surface area contributed by atoms with Crippen LogP contribution in [-0.2, 0) is 9.47 Å². The summed E-state index contributed by atoms with van der Waals surface area (Å²) in [6.07, 6.45) is 0.795. The molecule has 0 aromatic heterocycles. The zero-order valence-corrected chi connectivity index (χ0v) is 12.8. The monoisotopic (exact) mass is 311 g/mol. The minimum atomic E-state index is -0.473. The number of hydrogen-bond donors (Lipinski definition) is 0. The van der Waals surface area contributed by atoms with Crippen molar-refractivity contribution in [2.75, 3.05) is 46.1 Å². The van der Waals surface area contributed by atoms with Gasteiger partial charge in [-0.05, 0) is 31.5 Å². The van der Waals surface area contributed by atoms with E-state index in [2.05, 4.69) is 4.90 Å². The number of halogens is 1. The van der Waals surface area contributed by atoms with Crippen molar-refractivity contribution in [3.8, 4) is 5.75 Å². The van der Waals surface area contributed by atoms with E-state index < -0.39 is 11.8 Å². The average molecular weight is 311 g/mol. The minimum absolute atomic E-state index is 0.0903. The summed E-state index contributed by atoms with van der Waals surface area (Å²) in [4.78, 5) is 13.9. The molecule has 6 heteroatoms. The predicted molar refractivity (Wildman–Crippen MR) is 79.7 cm³/mol. The standard InChI is InChI=1S/C16H22FNO4/c1-2-21-16(19)13-4-5-14(17)15(12-13)22-9-3-6-18-7-10-20-11-8-18/h4-5,12H,2-3,6-11H2,1H3. The Labute approximate surface area is 130 Å². The van der Waals surface area contributed by atoms with Crippen molar-refractivity contribution in [1.29, 1.82) is 0 Å². The van der Waals surface area contributed by atoms with Crippen molar-refractivity contribution in [2.24, 2.45) is 0 Å². The van der Waals surface area contributed by atoms with Crippen LogP contribution in [-0.4, -0.2) is 56.9 Å². The molecule has 0 spiro atoms. The molecule has 0 amide bonds. The van der Waals surface area contributed by atoms with E-state index in [4.69, 9.17) is 14.2 Å². The molecular formula is C16H22FNO4. The third kappa shape index (κ3) is 4.96. The minimum Gasteiger partial charge on any atom is -0.490 e. The van der Waals surface area contributed by atoms with Crippen molar-refractivity contribution < 1.29 is 23.4 Å². The van der Waals surface area contributed by atoms with Crippen molar-refractivity contribution in [3.63, 3.8) is 0 Å². The van der Waals surface area contributed by atoms with Gasteiger partial charge in [0.1, 0.15) is 0 Å². The van der Waals surface area contributed by atoms with Gasteiger partial charge in [-0.3, -0.25) is 4.90 Å². The van der Waals surface area contributed by atoms with Crippen LogP contribution in [0.25, 0.3) is 0 Å². The Balaban J connectivity index is 1.81. The van der Waals surface area contributed by atoms with Crippen LogP contribution in [0.4, 0.5) is 4.39 Å². The van der Waals surface area contributed by atoms with Crippen LogP contribution in [0.2, 0.25) is 0 Å². The maximum atomic E-state index is 13.7. The molecule has 1 aromatic carbocycles. The lowest BCUT2D eigenvalue weighted by molar-refractivity contribution is 0.0357. The quantitative estimate of drug-likeness (QED) is 0.570. The van der Waals surface area contributed by atoms with Gasteiger partial charge in [-0.1, -0.05) is 0 Å². The van der Waals surface area contributed by atoms with Crippen molar-refractivity contribution >= 4 is 5.97 Å². The molecule has 0 radical (unpaired) electrons. The highest BCUT2D eigenvalue weighted by molar-refractivity contribution is 5.89. The Morgan fingerprint density at radius 2 is 2.14 bits per heavy atom. The number of benzene rings is 1. The van der Waals surface area contributed by atoms with E-state index in [1.807, 2.05) is 0 Å². The summed E-state index contributed by atoms with van der Waals surface area (Å²) in [5.41, 5.74) is 0.298. The smallest absolute Gasteiger partial charge is 0.338 e. The SMILES string of the molecule is CCOC(=O)c1ccc(F)c(OCCCN2CCOCC2)c1. The van der Waals surface area contributed by atoms with Crippen LogP contribution < -0.4 is 4.74 Å². The first-order chi connectivity index (χ1) is 10.7. The second kappa shape index (κ2) is 8.70. The molecule has 0 unspecified atom stereocenters. The Hall–Kier alpha value is -1.66. The molecule has 0 N–H and O–H groups in total. The van der Waals surface area contributed by atoms with Crippen LogP contribution in [0.3, 0.4) is 0 Å². The molecule has 1 aliphatic rings. The number of ether oxygens (including phenoxy) is 3. The van der Waals surface area contributed by atoms with Gasteiger partial charge in [-0.2, -0.15) is 0 Å². The number of esters is 1. The van der Waals surface area contributed by atoms with Gasteiger partial charge in [0.25, 0.3) is 0 Å². The summed E-state index contributed by atoms with van der Waals surface area (Å²) >= 11 is 0. The van der Waals surface area contributed by atoms with Gasteiger partial charge >= 0.3 is 5.97 Å². The fourth-order valence-corrected chi connectivity index (χ4v) is 2.25. The fourth-order valence-electron chi connectivity index (χ4n) is 2.25. The Kier molecular flexibility index (Phi) is 6.61. The molecule has 0 saturated carbocycles. The highest BCUT2D eigenvalue weighted by atomic mass is 19.1. The van der Waals surface area contributed by atoms with Crippen LogP contribution in [0, 0.1) is 5.82 Å². The Bertz CT molecular complexity index is 489. The zero-order chi connectivity index (χ0) is 15.8. The van der Waals surface area contributed by atoms with E-state index in [0.29, 0.717) is 12.2 Å². The number of carbonyl (C=O) groups excluding carboxylic acids is 1. The lowest BCUT2D eigenvalue weighted by Crippen LogP contribution is -2.37. The highest BCUT2D eigenvalue weighted by Gasteiger charge is 2.12. The lowest BCUT2D eigenvalue weighted by Gasteiger charge is -2.26. The van der Waals surface area contributed by atoms with E-state index in [9.17, 15) is 9.18 Å². The second-order valence-corrected chi connectivity index (χ2v) is 5.02. The van der Waals surface area contributed by atoms with E-state index in [1.54, 1.807) is 6.92 Å². The van der Waals surface area contributed by atoms with Crippen LogP contribution in [0.15, 0.2) is 18.2 Å². The second-order valence-electron chi connectivity index (χ2n) is 5.02. The number of morpholine rings is 1. The van der Waals surface area contributed by atoms with Gasteiger partial charge < -0.3 is 14.2 Å². The third-order valence-corrected chi connectivity index (χ3v) is 3.42. The third-order valence-electron chi connectivity index (χ3n) is 3.42. The van der Waals surface area contributed by atoms with Gasteiger partial charge in [0.05, 0.1) is 32.0 Å². The maximum absolute atomic E-state index is 13.7. The molecule has 1 fully saturated rings. The molecule has 1 aromatic rings. The number of hydrogen-bond acceptors (Lipinski definition) is 5. The molecule has 22 heavy (non-hydrogen) atoms. The molecule has 122 valence electrons. The summed E-state index contributed by atoms with van der Waals surface area (Å²) in [6.45, 7) is 6.67. The maximum Gasteiger partial charge on any atom is 0.338 e. The van der Waals surface area contributed by atoms with Crippen molar-refractivity contribution in [3.05, 3.63) is 29.6 Å². The first-order valence-corrected chi connectivity index (χ1v) is 7.60. The summed E-state index contributed by atoms with van der Waals surface area (Å²) < 4.78 is 29.3. The van der Waals surface area contributed by atoms with Crippen molar-refractivity contribution in [2.45, 2.75) is 13.3 Å². The van der Waals surface area contributed by atoms with Crippen LogP contribution >= 0.6 is 0 Å². The zero-order valence-electron chi connectivity index (χ0n) is 12.8. The normalized spacial score (nSPS) is 15.5. The van der Waals surface area contributed by atoms with Crippen LogP contribution in [0.1, 0.15) is 23.7 Å². The fraction of sp³-hybridized carbons (Fsp3) is 0.562. The molecule has 5 nitrogen and oxygen atoms in total. The van der Waals surface area contributed by atoms with Crippen molar-refractivity contribution in [1.82, 2.24) is 4.90 Å². The summed E-state index contributed by atoms with van der Waals surface area (Å²) in [6, 6.07) is 4.01. The molecular weight excluding hydrogens is 289 g/mol. The Morgan fingerprint density at radius 3 is 2.86 bits per heavy atom. The number of nitrogens with zero attached hydrogens (tertiary/aromatic N) is 1. The Morgan fingerprint density at radius 1 is 1.36 bits per heavy atom. The number of carbonyl (C=O) groups is 1. The van der Waals surface area contributed by atoms with Gasteiger partial charge in [-0.15, -0.1) is 0 Å². The van der Waals surface area contributed by atoms with Crippen LogP contribution in [0.5, 0.6) is 5.75 Å². The van der Waals surface area contributed by atoms with Gasteiger partial charge in [0.2, 0.25) is 0 Å². The largest absolute Gasteiger partial charge is 0.490 e. The molecule has 0 aliphatic carbocycles. The number of rotatable bonds is 7. The molecule has 2 rings (SSSR count). The molecule has 0 atom stereocenters. The average Bonchev–Trinajstić information content (AvgIpc) is 2.54. The summed E-state index contributed by atoms with van der Waals surface area (Å²) in [5.74, 6) is -0.854. The highest BCUT2D eigenvalue weighted by Crippen LogP contribution is 2.19. The summed E-state index contributed by atoms with van der Waals surface area (Å²) in [5, 5.41) is 0. The van der Waals surface area contributed by atoms with E-state index in [-0.39, 0.29) is 12.4 Å². The van der Waals surface area contributed by atoms with Gasteiger partial charge in [0, 0.05) is 19.6 Å². The van der Waals surface area contributed by atoms with Gasteiger partial charge in [-0.25, -0.2) is 9.18 Å². The molecule has 0 bridgehead atoms. The topological polar surface area (TPSA) is 48.0 Å². The van der Waals surface area contributed by atoms with E-state index >= 15 is 0 Å². The predicted octanol–water partition coefficient (Wildman–Crippen LogP) is 2.10. The summed E-state index contributed by atoms with van der Waals surface area (Å²) in [7, 11) is 0. The first kappa shape index (κ1) is 16.7. The van der Waals surface area contributed by atoms with Gasteiger partial charge in [0.15, 0.2) is 11.6 Å². The van der Waals surface area contributed by atoms with E-state index in [0.717, 1.165) is 39.3 Å². The first-order valence-electron chi connectivity index (χ1n) is 7.60. The molecule has 1 aliphatic heterocycles. The molecule has 1 heterocycles. The lowest BCUT2D eigenvalue weighted by atomic mass is 10.2.